The third-order valence-corrected chi connectivity index (χ3v) is 1.30. The van der Waals surface area contributed by atoms with E-state index in [4.69, 9.17) is 4.74 Å². The first-order chi connectivity index (χ1) is 3.45. The lowest BCUT2D eigenvalue weighted by Crippen LogP contribution is -1.95. The highest BCUT2D eigenvalue weighted by atomic mass is 16.5. The van der Waals surface area contributed by atoms with Crippen molar-refractivity contribution in [1.29, 1.82) is 0 Å². The smallest absolute Gasteiger partial charge is 0.171 e. The van der Waals surface area contributed by atoms with Gasteiger partial charge in [-0.1, -0.05) is 0 Å². The van der Waals surface area contributed by atoms with E-state index in [1.54, 1.807) is 0 Å². The first-order valence-corrected chi connectivity index (χ1v) is 2.50. The Morgan fingerprint density at radius 1 is 1.14 bits per heavy atom. The average molecular weight is 98.1 g/mol. The largest absolute Gasteiger partial charge is 0.328 e. The molecule has 2 aliphatic heterocycles. The molecule has 2 atom stereocenters. The number of hydrogen-bond donors (Lipinski definition) is 0. The maximum atomic E-state index is 5.14. The molecule has 3 heteroatoms. The lowest BCUT2D eigenvalue weighted by molar-refractivity contribution is 0.0938. The summed E-state index contributed by atoms with van der Waals surface area (Å²) in [4.78, 5) is 0. The van der Waals surface area contributed by atoms with Crippen LogP contribution in [0.3, 0.4) is 0 Å². The molecule has 0 radical (unpaired) electrons. The highest BCUT2D eigenvalue weighted by Gasteiger charge is 2.29. The molecule has 0 aromatic rings. The summed E-state index contributed by atoms with van der Waals surface area (Å²) in [5.74, 6) is 0. The van der Waals surface area contributed by atoms with Crippen molar-refractivity contribution in [1.82, 2.24) is 0 Å². The van der Waals surface area contributed by atoms with Crippen LogP contribution in [0.1, 0.15) is 12.8 Å². The molecule has 0 aliphatic carbocycles. The molecule has 0 aromatic carbocycles. The summed E-state index contributed by atoms with van der Waals surface area (Å²) in [7, 11) is 0. The second-order valence-corrected chi connectivity index (χ2v) is 1.85. The number of azo groups is 1. The fraction of sp³-hybridized carbons (Fsp3) is 1.00. The van der Waals surface area contributed by atoms with E-state index in [0.29, 0.717) is 0 Å². The predicted molar refractivity (Wildman–Crippen MR) is 22.8 cm³/mol. The minimum atomic E-state index is 0.130. The van der Waals surface area contributed by atoms with Gasteiger partial charge in [0.05, 0.1) is 0 Å². The minimum absolute atomic E-state index is 0.130. The van der Waals surface area contributed by atoms with E-state index in [1.165, 1.54) is 0 Å². The van der Waals surface area contributed by atoms with Crippen molar-refractivity contribution in [2.75, 3.05) is 0 Å². The summed E-state index contributed by atoms with van der Waals surface area (Å²) >= 11 is 0. The Balaban J connectivity index is 2.27. The summed E-state index contributed by atoms with van der Waals surface area (Å²) in [6, 6.07) is 0. The van der Waals surface area contributed by atoms with Crippen LogP contribution in [0.2, 0.25) is 0 Å². The standard InChI is InChI=1S/C4H6N2O/c1-2-4-6-5-3(1)7-4/h3-4H,1-2H2. The van der Waals surface area contributed by atoms with Crippen molar-refractivity contribution in [3.05, 3.63) is 0 Å². The Kier molecular flexibility index (Phi) is 0.526. The fourth-order valence-electron chi connectivity index (χ4n) is 0.921. The molecule has 2 unspecified atom stereocenters. The monoisotopic (exact) mass is 98.0 g/mol. The van der Waals surface area contributed by atoms with Gasteiger partial charge in [-0.05, 0) is 0 Å². The lowest BCUT2D eigenvalue weighted by atomic mass is 10.3. The fourth-order valence-corrected chi connectivity index (χ4v) is 0.921. The summed E-state index contributed by atoms with van der Waals surface area (Å²) < 4.78 is 5.14. The summed E-state index contributed by atoms with van der Waals surface area (Å²) in [6.45, 7) is 0. The molecule has 0 spiro atoms. The summed E-state index contributed by atoms with van der Waals surface area (Å²) in [6.07, 6.45) is 2.41. The lowest BCUT2D eigenvalue weighted by Gasteiger charge is -1.90. The molecule has 0 aromatic heterocycles. The molecular formula is C4H6N2O. The van der Waals surface area contributed by atoms with Crippen LogP contribution in [-0.4, -0.2) is 12.5 Å². The molecule has 2 bridgehead atoms. The van der Waals surface area contributed by atoms with Gasteiger partial charge in [0, 0.05) is 12.8 Å². The van der Waals surface area contributed by atoms with E-state index in [9.17, 15) is 0 Å². The Labute approximate surface area is 41.4 Å². The SMILES string of the molecule is C1CC2N=NC1O2. The zero-order valence-corrected chi connectivity index (χ0v) is 3.87. The number of ether oxygens (including phenoxy) is 1. The predicted octanol–water partition coefficient (Wildman–Crippen LogP) is 0.915. The van der Waals surface area contributed by atoms with E-state index in [1.807, 2.05) is 0 Å². The van der Waals surface area contributed by atoms with E-state index in [-0.39, 0.29) is 12.5 Å². The Morgan fingerprint density at radius 2 is 1.71 bits per heavy atom. The van der Waals surface area contributed by atoms with Gasteiger partial charge in [-0.2, -0.15) is 10.2 Å². The van der Waals surface area contributed by atoms with Crippen molar-refractivity contribution in [2.45, 2.75) is 25.3 Å². The van der Waals surface area contributed by atoms with Crippen LogP contribution >= 0.6 is 0 Å². The molecule has 2 heterocycles. The molecule has 1 fully saturated rings. The van der Waals surface area contributed by atoms with Gasteiger partial charge in [0.2, 0.25) is 0 Å². The van der Waals surface area contributed by atoms with Crippen LogP contribution in [0, 0.1) is 0 Å². The van der Waals surface area contributed by atoms with Crippen molar-refractivity contribution in [2.24, 2.45) is 10.2 Å². The normalized spacial score (nSPS) is 45.7. The van der Waals surface area contributed by atoms with E-state index in [2.05, 4.69) is 10.2 Å². The number of hydrogen-bond acceptors (Lipinski definition) is 3. The van der Waals surface area contributed by atoms with Gasteiger partial charge >= 0.3 is 0 Å². The Morgan fingerprint density at radius 3 is 1.86 bits per heavy atom. The van der Waals surface area contributed by atoms with Crippen LogP contribution in [0.5, 0.6) is 0 Å². The number of rotatable bonds is 0. The average Bonchev–Trinajstić information content (AvgIpc) is 2.22. The van der Waals surface area contributed by atoms with Gasteiger partial charge in [0.15, 0.2) is 12.5 Å². The maximum Gasteiger partial charge on any atom is 0.171 e. The Bertz CT molecular complexity index is 100. The van der Waals surface area contributed by atoms with Crippen molar-refractivity contribution >= 4 is 0 Å². The summed E-state index contributed by atoms with van der Waals surface area (Å²) in [5, 5.41) is 7.61. The molecule has 1 saturated heterocycles. The first-order valence-electron chi connectivity index (χ1n) is 2.50. The molecule has 0 N–H and O–H groups in total. The van der Waals surface area contributed by atoms with Crippen LogP contribution in [-0.2, 0) is 4.74 Å². The highest BCUT2D eigenvalue weighted by Crippen LogP contribution is 2.27. The third kappa shape index (κ3) is 0.383. The van der Waals surface area contributed by atoms with Gasteiger partial charge < -0.3 is 4.74 Å². The zero-order valence-electron chi connectivity index (χ0n) is 3.87. The van der Waals surface area contributed by atoms with Crippen LogP contribution in [0.25, 0.3) is 0 Å². The van der Waals surface area contributed by atoms with E-state index in [0.717, 1.165) is 12.8 Å². The Hall–Kier alpha value is -0.440. The molecule has 0 saturated carbocycles. The van der Waals surface area contributed by atoms with E-state index >= 15 is 0 Å². The molecule has 0 amide bonds. The molecule has 2 rings (SSSR count). The van der Waals surface area contributed by atoms with Crippen molar-refractivity contribution < 1.29 is 4.74 Å². The molecule has 3 nitrogen and oxygen atoms in total. The topological polar surface area (TPSA) is 34.0 Å². The second-order valence-electron chi connectivity index (χ2n) is 1.85. The zero-order chi connectivity index (χ0) is 4.69. The van der Waals surface area contributed by atoms with Gasteiger partial charge in [0.25, 0.3) is 0 Å². The summed E-state index contributed by atoms with van der Waals surface area (Å²) in [5.41, 5.74) is 0. The molecule has 7 heavy (non-hydrogen) atoms. The van der Waals surface area contributed by atoms with Gasteiger partial charge in [-0.3, -0.25) is 0 Å². The van der Waals surface area contributed by atoms with Gasteiger partial charge in [0.1, 0.15) is 0 Å². The minimum Gasteiger partial charge on any atom is -0.328 e. The van der Waals surface area contributed by atoms with Crippen LogP contribution in [0.15, 0.2) is 10.2 Å². The van der Waals surface area contributed by atoms with Crippen LogP contribution in [0.4, 0.5) is 0 Å². The van der Waals surface area contributed by atoms with E-state index < -0.39 is 0 Å². The second kappa shape index (κ2) is 1.04. The maximum absolute atomic E-state index is 5.14. The van der Waals surface area contributed by atoms with Crippen LogP contribution < -0.4 is 0 Å². The van der Waals surface area contributed by atoms with Crippen molar-refractivity contribution in [3.8, 4) is 0 Å². The number of fused-ring (bicyclic) bond motifs is 2. The third-order valence-electron chi connectivity index (χ3n) is 1.30. The highest BCUT2D eigenvalue weighted by molar-refractivity contribution is 4.73. The molecule has 38 valence electrons. The van der Waals surface area contributed by atoms with Gasteiger partial charge in [-0.15, -0.1) is 0 Å². The molecular weight excluding hydrogens is 92.1 g/mol. The number of nitrogens with zero attached hydrogens (tertiary/aromatic N) is 2. The van der Waals surface area contributed by atoms with Gasteiger partial charge in [-0.25, -0.2) is 0 Å². The van der Waals surface area contributed by atoms with Crippen molar-refractivity contribution in [3.63, 3.8) is 0 Å². The first kappa shape index (κ1) is 3.55. The quantitative estimate of drug-likeness (QED) is 0.443. The molecule has 2 aliphatic rings.